The smallest absolute Gasteiger partial charge is 0.140 e. The molecule has 2 aromatic carbocycles. The molecule has 27 heavy (non-hydrogen) atoms. The van der Waals surface area contributed by atoms with Crippen molar-refractivity contribution in [1.82, 2.24) is 4.90 Å². The Morgan fingerprint density at radius 1 is 1.19 bits per heavy atom. The summed E-state index contributed by atoms with van der Waals surface area (Å²) < 4.78 is 6.44. The standard InChI is InChI=1S/C22H24ClN3O/c23-19-11-16(14-25)5-6-21(19)27-22-18-4-2-1-3-17(18)12-20(22)26-9-7-15(13-24)8-10-26/h1-6,11,15,20,22H,7-10,12-13,24H2/t20-,22-/m1/s1. The summed E-state index contributed by atoms with van der Waals surface area (Å²) in [6.07, 6.45) is 3.23. The van der Waals surface area contributed by atoms with Crippen molar-refractivity contribution in [2.75, 3.05) is 19.6 Å². The van der Waals surface area contributed by atoms with E-state index < -0.39 is 0 Å². The van der Waals surface area contributed by atoms with Gasteiger partial charge in [-0.15, -0.1) is 0 Å². The molecule has 1 heterocycles. The number of fused-ring (bicyclic) bond motifs is 1. The summed E-state index contributed by atoms with van der Waals surface area (Å²) in [4.78, 5) is 2.55. The minimum atomic E-state index is -0.0546. The van der Waals surface area contributed by atoms with Gasteiger partial charge in [0.05, 0.1) is 22.7 Å². The van der Waals surface area contributed by atoms with Crippen LogP contribution in [0.25, 0.3) is 0 Å². The van der Waals surface area contributed by atoms with Gasteiger partial charge in [0, 0.05) is 0 Å². The molecule has 0 spiro atoms. The first-order valence-electron chi connectivity index (χ1n) is 9.58. The molecule has 4 nitrogen and oxygen atoms in total. The van der Waals surface area contributed by atoms with E-state index in [1.54, 1.807) is 18.2 Å². The fraction of sp³-hybridized carbons (Fsp3) is 0.409. The maximum Gasteiger partial charge on any atom is 0.140 e. The summed E-state index contributed by atoms with van der Waals surface area (Å²) in [6, 6.07) is 16.1. The number of nitrogens with two attached hydrogens (primary N) is 1. The van der Waals surface area contributed by atoms with Crippen LogP contribution in [0.1, 0.15) is 35.6 Å². The lowest BCUT2D eigenvalue weighted by molar-refractivity contribution is 0.0539. The summed E-state index contributed by atoms with van der Waals surface area (Å²) >= 11 is 6.38. The van der Waals surface area contributed by atoms with Crippen LogP contribution in [0.2, 0.25) is 5.02 Å². The number of halogens is 1. The van der Waals surface area contributed by atoms with Crippen molar-refractivity contribution in [2.24, 2.45) is 11.7 Å². The molecule has 2 N–H and O–H groups in total. The van der Waals surface area contributed by atoms with Crippen LogP contribution in [0, 0.1) is 17.2 Å². The molecule has 0 saturated carbocycles. The molecule has 1 saturated heterocycles. The van der Waals surface area contributed by atoms with E-state index in [0.29, 0.717) is 28.3 Å². The summed E-state index contributed by atoms with van der Waals surface area (Å²) in [6.45, 7) is 2.89. The number of nitriles is 1. The van der Waals surface area contributed by atoms with Crippen LogP contribution in [0.3, 0.4) is 0 Å². The van der Waals surface area contributed by atoms with E-state index in [9.17, 15) is 0 Å². The molecule has 0 radical (unpaired) electrons. The SMILES string of the molecule is N#Cc1ccc(O[C@@H]2c3ccccc3C[C@H]2N2CCC(CN)CC2)c(Cl)c1. The van der Waals surface area contributed by atoms with Gasteiger partial charge in [-0.2, -0.15) is 5.26 Å². The number of nitrogens with zero attached hydrogens (tertiary/aromatic N) is 2. The molecule has 2 aliphatic rings. The fourth-order valence-electron chi connectivity index (χ4n) is 4.32. The largest absolute Gasteiger partial charge is 0.482 e. The zero-order valence-electron chi connectivity index (χ0n) is 15.3. The highest BCUT2D eigenvalue weighted by Gasteiger charge is 2.39. The van der Waals surface area contributed by atoms with E-state index in [4.69, 9.17) is 27.3 Å². The number of hydrogen-bond donors (Lipinski definition) is 1. The predicted octanol–water partition coefficient (Wildman–Crippen LogP) is 3.93. The molecule has 4 rings (SSSR count). The van der Waals surface area contributed by atoms with Crippen molar-refractivity contribution < 1.29 is 4.74 Å². The molecule has 1 aliphatic carbocycles. The second kappa shape index (κ2) is 7.90. The molecule has 1 fully saturated rings. The number of likely N-dealkylation sites (tertiary alicyclic amines) is 1. The quantitative estimate of drug-likeness (QED) is 0.871. The van der Waals surface area contributed by atoms with Gasteiger partial charge in [0.1, 0.15) is 11.9 Å². The van der Waals surface area contributed by atoms with Crippen LogP contribution in [-0.4, -0.2) is 30.6 Å². The zero-order chi connectivity index (χ0) is 18.8. The molecule has 0 aromatic heterocycles. The summed E-state index contributed by atoms with van der Waals surface area (Å²) in [5.41, 5.74) is 8.99. The van der Waals surface area contributed by atoms with Gasteiger partial charge in [0.2, 0.25) is 0 Å². The lowest BCUT2D eigenvalue weighted by Gasteiger charge is -2.38. The minimum absolute atomic E-state index is 0.0546. The Morgan fingerprint density at radius 2 is 1.96 bits per heavy atom. The van der Waals surface area contributed by atoms with Gasteiger partial charge < -0.3 is 10.5 Å². The van der Waals surface area contributed by atoms with E-state index in [2.05, 4.69) is 35.2 Å². The molecule has 0 bridgehead atoms. The molecule has 0 unspecified atom stereocenters. The Morgan fingerprint density at radius 3 is 2.67 bits per heavy atom. The average molecular weight is 382 g/mol. The topological polar surface area (TPSA) is 62.3 Å². The maximum absolute atomic E-state index is 9.06. The predicted molar refractivity (Wildman–Crippen MR) is 107 cm³/mol. The Hall–Kier alpha value is -2.06. The molecule has 2 atom stereocenters. The van der Waals surface area contributed by atoms with Crippen LogP contribution in [0.4, 0.5) is 0 Å². The lowest BCUT2D eigenvalue weighted by Crippen LogP contribution is -2.45. The number of rotatable bonds is 4. The number of benzene rings is 2. The minimum Gasteiger partial charge on any atom is -0.482 e. The monoisotopic (exact) mass is 381 g/mol. The van der Waals surface area contributed by atoms with Gasteiger partial charge in [0.15, 0.2) is 0 Å². The Kier molecular flexibility index (Phi) is 5.36. The number of piperidine rings is 1. The van der Waals surface area contributed by atoms with Gasteiger partial charge in [0.25, 0.3) is 0 Å². The van der Waals surface area contributed by atoms with Gasteiger partial charge >= 0.3 is 0 Å². The van der Waals surface area contributed by atoms with Crippen molar-refractivity contribution in [1.29, 1.82) is 5.26 Å². The van der Waals surface area contributed by atoms with Crippen molar-refractivity contribution in [3.8, 4) is 11.8 Å². The normalized spacial score (nSPS) is 23.0. The van der Waals surface area contributed by atoms with Crippen molar-refractivity contribution >= 4 is 11.6 Å². The fourth-order valence-corrected chi connectivity index (χ4v) is 4.55. The van der Waals surface area contributed by atoms with Crippen LogP contribution >= 0.6 is 11.6 Å². The average Bonchev–Trinajstić information content (AvgIpc) is 3.08. The van der Waals surface area contributed by atoms with E-state index in [1.165, 1.54) is 11.1 Å². The Bertz CT molecular complexity index is 855. The first-order chi connectivity index (χ1) is 13.2. The Balaban J connectivity index is 1.60. The summed E-state index contributed by atoms with van der Waals surface area (Å²) in [7, 11) is 0. The molecular formula is C22H24ClN3O. The van der Waals surface area contributed by atoms with Crippen molar-refractivity contribution in [2.45, 2.75) is 31.4 Å². The van der Waals surface area contributed by atoms with Gasteiger partial charge in [-0.1, -0.05) is 35.9 Å². The first-order valence-corrected chi connectivity index (χ1v) is 9.95. The van der Waals surface area contributed by atoms with E-state index in [1.807, 2.05) is 0 Å². The second-order valence-electron chi connectivity index (χ2n) is 7.48. The van der Waals surface area contributed by atoms with E-state index >= 15 is 0 Å². The Labute approximate surface area is 165 Å². The first kappa shape index (κ1) is 18.3. The van der Waals surface area contributed by atoms with Crippen molar-refractivity contribution in [3.63, 3.8) is 0 Å². The molecule has 140 valence electrons. The van der Waals surface area contributed by atoms with Gasteiger partial charge in [-0.3, -0.25) is 4.90 Å². The maximum atomic E-state index is 9.06. The summed E-state index contributed by atoms with van der Waals surface area (Å²) in [5, 5.41) is 9.54. The third-order valence-corrected chi connectivity index (χ3v) is 6.20. The highest BCUT2D eigenvalue weighted by atomic mass is 35.5. The zero-order valence-corrected chi connectivity index (χ0v) is 16.0. The van der Waals surface area contributed by atoms with Crippen LogP contribution in [-0.2, 0) is 6.42 Å². The van der Waals surface area contributed by atoms with Crippen LogP contribution in [0.5, 0.6) is 5.75 Å². The molecular weight excluding hydrogens is 358 g/mol. The highest BCUT2D eigenvalue weighted by Crippen LogP contribution is 2.40. The third kappa shape index (κ3) is 3.68. The molecule has 5 heteroatoms. The summed E-state index contributed by atoms with van der Waals surface area (Å²) in [5.74, 6) is 1.27. The molecule has 1 aliphatic heterocycles. The van der Waals surface area contributed by atoms with Crippen LogP contribution < -0.4 is 10.5 Å². The van der Waals surface area contributed by atoms with Gasteiger partial charge in [-0.25, -0.2) is 0 Å². The van der Waals surface area contributed by atoms with Gasteiger partial charge in [-0.05, 0) is 74.1 Å². The number of ether oxygens (including phenoxy) is 1. The van der Waals surface area contributed by atoms with Crippen LogP contribution in [0.15, 0.2) is 42.5 Å². The third-order valence-electron chi connectivity index (χ3n) is 5.91. The molecule has 0 amide bonds. The second-order valence-corrected chi connectivity index (χ2v) is 7.89. The lowest BCUT2D eigenvalue weighted by atomic mass is 9.95. The highest BCUT2D eigenvalue weighted by molar-refractivity contribution is 6.32. The van der Waals surface area contributed by atoms with E-state index in [-0.39, 0.29) is 6.10 Å². The van der Waals surface area contributed by atoms with Crippen molar-refractivity contribution in [3.05, 3.63) is 64.2 Å². The number of hydrogen-bond acceptors (Lipinski definition) is 4. The molecule has 2 aromatic rings. The van der Waals surface area contributed by atoms with E-state index in [0.717, 1.165) is 38.9 Å².